The molecule has 1 spiro atoms. The van der Waals surface area contributed by atoms with Gasteiger partial charge in [-0.25, -0.2) is 0 Å². The van der Waals surface area contributed by atoms with Crippen molar-refractivity contribution < 1.29 is 9.32 Å². The summed E-state index contributed by atoms with van der Waals surface area (Å²) in [6, 6.07) is 1.70. The first kappa shape index (κ1) is 28.4. The molecule has 3 heterocycles. The van der Waals surface area contributed by atoms with Crippen LogP contribution in [0.25, 0.3) is 5.70 Å². The zero-order valence-corrected chi connectivity index (χ0v) is 22.5. The van der Waals surface area contributed by atoms with Crippen LogP contribution < -0.4 is 5.73 Å². The van der Waals surface area contributed by atoms with E-state index in [-0.39, 0.29) is 0 Å². The van der Waals surface area contributed by atoms with Crippen LogP contribution in [-0.2, 0) is 4.79 Å². The number of carbonyl (C=O) groups excluding carboxylic acids is 1. The largest absolute Gasteiger partial charge is 0.397 e. The third kappa shape index (κ3) is 8.73. The van der Waals surface area contributed by atoms with Gasteiger partial charge in [0.15, 0.2) is 0 Å². The number of hydrogen-bond donors (Lipinski definition) is 1. The molecular weight excluding hydrogens is 450 g/mol. The molecule has 2 fully saturated rings. The molecule has 2 N–H and O–H groups in total. The van der Waals surface area contributed by atoms with Crippen molar-refractivity contribution in [2.45, 2.75) is 73.1 Å². The van der Waals surface area contributed by atoms with E-state index in [0.29, 0.717) is 40.4 Å². The average molecular weight is 494 g/mol. The lowest BCUT2D eigenvalue weighted by Gasteiger charge is -2.46. The van der Waals surface area contributed by atoms with Crippen molar-refractivity contribution in [2.24, 2.45) is 21.6 Å². The van der Waals surface area contributed by atoms with E-state index in [4.69, 9.17) is 21.9 Å². The molecular formula is C26H44ClN5O2. The van der Waals surface area contributed by atoms with Gasteiger partial charge >= 0.3 is 0 Å². The summed E-state index contributed by atoms with van der Waals surface area (Å²) in [5, 5.41) is 4.20. The van der Waals surface area contributed by atoms with Gasteiger partial charge in [-0.05, 0) is 75.9 Å². The minimum absolute atomic E-state index is 0.445. The summed E-state index contributed by atoms with van der Waals surface area (Å²) >= 11 is 6.01. The van der Waals surface area contributed by atoms with Gasteiger partial charge in [0, 0.05) is 31.3 Å². The third-order valence-electron chi connectivity index (χ3n) is 7.04. The van der Waals surface area contributed by atoms with E-state index in [1.54, 1.807) is 6.07 Å². The number of aromatic nitrogens is 1. The maximum atomic E-state index is 10.8. The molecule has 0 aromatic carbocycles. The molecule has 0 saturated carbocycles. The molecule has 1 aromatic rings. The highest BCUT2D eigenvalue weighted by Crippen LogP contribution is 2.41. The summed E-state index contributed by atoms with van der Waals surface area (Å²) in [5.74, 6) is 0. The van der Waals surface area contributed by atoms with Crippen LogP contribution in [0.5, 0.6) is 0 Å². The number of hydrogen-bond acceptors (Lipinski definition) is 6. The van der Waals surface area contributed by atoms with Crippen molar-refractivity contribution in [3.8, 4) is 0 Å². The highest BCUT2D eigenvalue weighted by molar-refractivity contribution is 6.70. The van der Waals surface area contributed by atoms with Crippen molar-refractivity contribution in [1.29, 1.82) is 0 Å². The Kier molecular flexibility index (Phi) is 11.1. The molecule has 2 aliphatic rings. The van der Waals surface area contributed by atoms with E-state index in [2.05, 4.69) is 35.8 Å². The van der Waals surface area contributed by atoms with Gasteiger partial charge in [-0.3, -0.25) is 9.79 Å². The van der Waals surface area contributed by atoms with Gasteiger partial charge in [-0.1, -0.05) is 44.5 Å². The van der Waals surface area contributed by atoms with Crippen LogP contribution >= 0.6 is 11.6 Å². The fourth-order valence-corrected chi connectivity index (χ4v) is 4.89. The summed E-state index contributed by atoms with van der Waals surface area (Å²) in [5.41, 5.74) is 8.83. The van der Waals surface area contributed by atoms with E-state index in [1.165, 1.54) is 58.0 Å². The van der Waals surface area contributed by atoms with Crippen molar-refractivity contribution in [1.82, 2.24) is 15.0 Å². The maximum absolute atomic E-state index is 10.8. The van der Waals surface area contributed by atoms with Gasteiger partial charge < -0.3 is 20.1 Å². The number of halogens is 1. The number of aliphatic imine (C=N–C) groups is 1. The first-order chi connectivity index (χ1) is 16.1. The van der Waals surface area contributed by atoms with Gasteiger partial charge in [0.2, 0.25) is 6.41 Å². The quantitative estimate of drug-likeness (QED) is 0.418. The zero-order valence-electron chi connectivity index (χ0n) is 21.8. The minimum atomic E-state index is 0.445. The van der Waals surface area contributed by atoms with Crippen LogP contribution in [0.2, 0.25) is 0 Å². The lowest BCUT2D eigenvalue weighted by Crippen LogP contribution is -2.46. The van der Waals surface area contributed by atoms with Crippen LogP contribution in [0.4, 0.5) is 0 Å². The van der Waals surface area contributed by atoms with E-state index >= 15 is 0 Å². The van der Waals surface area contributed by atoms with Gasteiger partial charge in [0.1, 0.15) is 17.1 Å². The van der Waals surface area contributed by atoms with Crippen LogP contribution in [0, 0.1) is 10.8 Å². The van der Waals surface area contributed by atoms with Gasteiger partial charge in [-0.2, -0.15) is 0 Å². The van der Waals surface area contributed by atoms with Crippen molar-refractivity contribution >= 4 is 28.9 Å². The predicted octanol–water partition coefficient (Wildman–Crippen LogP) is 5.17. The normalized spacial score (nSPS) is 19.9. The molecule has 0 radical (unpaired) electrons. The molecule has 0 aliphatic carbocycles. The Morgan fingerprint density at radius 2 is 1.82 bits per heavy atom. The summed E-state index contributed by atoms with van der Waals surface area (Å²) in [6.07, 6.45) is 9.61. The Morgan fingerprint density at radius 3 is 2.29 bits per heavy atom. The van der Waals surface area contributed by atoms with Gasteiger partial charge in [0.05, 0.1) is 5.70 Å². The predicted molar refractivity (Wildman–Crippen MR) is 141 cm³/mol. The smallest absolute Gasteiger partial charge is 0.209 e. The highest BCUT2D eigenvalue weighted by Gasteiger charge is 2.37. The van der Waals surface area contributed by atoms with E-state index in [9.17, 15) is 4.79 Å². The third-order valence-corrected chi connectivity index (χ3v) is 7.39. The molecule has 2 saturated heterocycles. The Labute approximate surface area is 210 Å². The number of nitrogens with two attached hydrogens (primary N) is 1. The molecule has 0 bridgehead atoms. The molecule has 192 valence electrons. The Balaban J connectivity index is 0.000000248. The van der Waals surface area contributed by atoms with E-state index < -0.39 is 0 Å². The fraction of sp³-hybridized carbons (Fsp3) is 0.731. The summed E-state index contributed by atoms with van der Waals surface area (Å²) < 4.78 is 4.72. The van der Waals surface area contributed by atoms with Crippen molar-refractivity contribution in [3.05, 3.63) is 23.6 Å². The Morgan fingerprint density at radius 1 is 1.21 bits per heavy atom. The molecule has 0 unspecified atom stereocenters. The maximum Gasteiger partial charge on any atom is 0.209 e. The second kappa shape index (κ2) is 13.3. The number of rotatable bonds is 7. The van der Waals surface area contributed by atoms with Crippen LogP contribution in [-0.4, -0.2) is 65.8 Å². The summed E-state index contributed by atoms with van der Waals surface area (Å²) in [4.78, 5) is 19.5. The number of amides is 1. The fourth-order valence-electron chi connectivity index (χ4n) is 4.54. The topological polar surface area (TPSA) is 88.0 Å². The number of nitrogens with zero attached hydrogens (tertiary/aromatic N) is 4. The molecule has 34 heavy (non-hydrogen) atoms. The molecule has 1 aromatic heterocycles. The minimum Gasteiger partial charge on any atom is -0.397 e. The molecule has 7 nitrogen and oxygen atoms in total. The van der Waals surface area contributed by atoms with Crippen LogP contribution in [0.15, 0.2) is 27.4 Å². The van der Waals surface area contributed by atoms with Gasteiger partial charge in [0.25, 0.3) is 0 Å². The number of piperidine rings is 2. The van der Waals surface area contributed by atoms with E-state index in [1.807, 2.05) is 18.7 Å². The van der Waals surface area contributed by atoms with Crippen molar-refractivity contribution in [2.75, 3.05) is 39.3 Å². The Bertz CT molecular complexity index is 796. The molecule has 0 atom stereocenters. The number of allylic oxidation sites excluding steroid dienone is 1. The van der Waals surface area contributed by atoms with Crippen LogP contribution in [0.3, 0.4) is 0 Å². The number of carbonyl (C=O) groups is 1. The molecule has 3 rings (SSSR count). The zero-order chi connectivity index (χ0) is 25.2. The van der Waals surface area contributed by atoms with Gasteiger partial charge in [-0.15, -0.1) is 0 Å². The number of likely N-dealkylation sites (tertiary alicyclic amines) is 2. The lowest BCUT2D eigenvalue weighted by atomic mass is 9.71. The highest BCUT2D eigenvalue weighted by atomic mass is 35.5. The second-order valence-corrected chi connectivity index (χ2v) is 11.0. The molecule has 2 aliphatic heterocycles. The summed E-state index contributed by atoms with van der Waals surface area (Å²) in [7, 11) is 0. The first-order valence-electron chi connectivity index (χ1n) is 12.6. The molecule has 1 amide bonds. The lowest BCUT2D eigenvalue weighted by molar-refractivity contribution is -0.120. The Hall–Kier alpha value is -1.86. The average Bonchev–Trinajstić information content (AvgIpc) is 3.35. The monoisotopic (exact) mass is 493 g/mol. The van der Waals surface area contributed by atoms with Crippen molar-refractivity contribution in [3.63, 3.8) is 0 Å². The molecule has 8 heteroatoms. The van der Waals surface area contributed by atoms with E-state index in [0.717, 1.165) is 25.1 Å². The summed E-state index contributed by atoms with van der Waals surface area (Å²) in [6.45, 7) is 17.2. The second-order valence-electron chi connectivity index (χ2n) is 10.7. The van der Waals surface area contributed by atoms with Crippen LogP contribution in [0.1, 0.15) is 78.8 Å². The first-order valence-corrected chi connectivity index (χ1v) is 13.0. The standard InChI is InChI=1S/C16H30N2O.C10H14ClN3O/c1-15(2,3)4-9-17-10-5-16(6-11-17)7-12-18(14-19)13-8-16;1-3-7(10(11)13-4-2)9(12)8-5-6-15-14-8/h14H,4-13H2,1-3H3;5-6H,3-4,12H2,1-2H3/b;9-7-,13-10?. The SMILES string of the molecule is CC(C)(C)CCN1CCC2(CCN(C=O)CC2)CC1.CCN=C(Cl)/C(CC)=C(\N)c1ccon1.